The summed E-state index contributed by atoms with van der Waals surface area (Å²) in [6.45, 7) is 0. The van der Waals surface area contributed by atoms with Gasteiger partial charge < -0.3 is 0 Å². The van der Waals surface area contributed by atoms with E-state index in [1.165, 1.54) is 10.1 Å². The molecule has 0 unspecified atom stereocenters. The van der Waals surface area contributed by atoms with Crippen LogP contribution < -0.4 is 0 Å². The predicted molar refractivity (Wildman–Crippen MR) is 96.7 cm³/mol. The number of thiophene rings is 1. The van der Waals surface area contributed by atoms with Gasteiger partial charge in [0.2, 0.25) is 0 Å². The number of benzene rings is 2. The summed E-state index contributed by atoms with van der Waals surface area (Å²) in [5.41, 5.74) is 1.87. The molecule has 0 saturated heterocycles. The number of ketones is 1. The third kappa shape index (κ3) is 2.82. The van der Waals surface area contributed by atoms with Crippen molar-refractivity contribution >= 4 is 65.7 Å². The highest BCUT2D eigenvalue weighted by Crippen LogP contribution is 2.28. The van der Waals surface area contributed by atoms with E-state index in [-0.39, 0.29) is 5.78 Å². The lowest BCUT2D eigenvalue weighted by Gasteiger charge is -2.04. The van der Waals surface area contributed by atoms with E-state index in [1.54, 1.807) is 11.3 Å². The van der Waals surface area contributed by atoms with Gasteiger partial charge in [-0.1, -0.05) is 34.1 Å². The number of rotatable bonds is 3. The predicted octanol–water partition coefficient (Wildman–Crippen LogP) is 5.69. The molecule has 0 aliphatic carbocycles. The van der Waals surface area contributed by atoms with Gasteiger partial charge in [0.25, 0.3) is 0 Å². The first-order valence-electron chi connectivity index (χ1n) is 6.08. The molecule has 100 valence electrons. The van der Waals surface area contributed by atoms with Gasteiger partial charge in [-0.2, -0.15) is 0 Å². The fraction of sp³-hybridized carbons (Fsp3) is 0.0625. The van der Waals surface area contributed by atoms with Gasteiger partial charge in [-0.05, 0) is 63.2 Å². The molecule has 0 saturated carbocycles. The average molecular weight is 457 g/mol. The lowest BCUT2D eigenvalue weighted by molar-refractivity contribution is 0.0992. The quantitative estimate of drug-likeness (QED) is 0.365. The Morgan fingerprint density at radius 1 is 1.20 bits per heavy atom. The zero-order chi connectivity index (χ0) is 14.1. The van der Waals surface area contributed by atoms with Crippen molar-refractivity contribution in [2.75, 3.05) is 0 Å². The number of halogens is 2. The van der Waals surface area contributed by atoms with Crippen LogP contribution in [0.15, 0.2) is 52.3 Å². The highest BCUT2D eigenvalue weighted by atomic mass is 127. The Labute approximate surface area is 143 Å². The van der Waals surface area contributed by atoms with Crippen LogP contribution in [-0.2, 0) is 6.42 Å². The second-order valence-electron chi connectivity index (χ2n) is 4.48. The summed E-state index contributed by atoms with van der Waals surface area (Å²) >= 11 is 7.38. The number of carbonyl (C=O) groups is 1. The maximum Gasteiger partial charge on any atom is 0.168 e. The lowest BCUT2D eigenvalue weighted by atomic mass is 10.0. The molecule has 2 aromatic carbocycles. The van der Waals surface area contributed by atoms with Gasteiger partial charge in [-0.15, -0.1) is 11.3 Å². The first-order chi connectivity index (χ1) is 9.65. The molecule has 0 aliphatic rings. The lowest BCUT2D eigenvalue weighted by Crippen LogP contribution is -2.04. The maximum absolute atomic E-state index is 12.5. The third-order valence-electron chi connectivity index (χ3n) is 3.14. The van der Waals surface area contributed by atoms with Gasteiger partial charge in [0.05, 0.1) is 0 Å². The molecular formula is C16H10BrIOS. The summed E-state index contributed by atoms with van der Waals surface area (Å²) in [5, 5.41) is 3.28. The van der Waals surface area contributed by atoms with Crippen molar-refractivity contribution in [2.45, 2.75) is 6.42 Å². The zero-order valence-electron chi connectivity index (χ0n) is 10.4. The fourth-order valence-electron chi connectivity index (χ4n) is 2.15. The van der Waals surface area contributed by atoms with Crippen molar-refractivity contribution < 1.29 is 4.79 Å². The zero-order valence-corrected chi connectivity index (χ0v) is 15.0. The van der Waals surface area contributed by atoms with Crippen LogP contribution in [0.25, 0.3) is 10.1 Å². The molecule has 0 atom stereocenters. The van der Waals surface area contributed by atoms with Gasteiger partial charge in [0.15, 0.2) is 5.78 Å². The molecule has 0 N–H and O–H groups in total. The molecule has 0 fully saturated rings. The van der Waals surface area contributed by atoms with Crippen LogP contribution in [0, 0.1) is 3.57 Å². The van der Waals surface area contributed by atoms with Crippen molar-refractivity contribution in [3.8, 4) is 0 Å². The topological polar surface area (TPSA) is 17.1 Å². The second kappa shape index (κ2) is 5.95. The van der Waals surface area contributed by atoms with Crippen LogP contribution in [-0.4, -0.2) is 5.78 Å². The Morgan fingerprint density at radius 3 is 2.85 bits per heavy atom. The highest BCUT2D eigenvalue weighted by Gasteiger charge is 2.13. The summed E-state index contributed by atoms with van der Waals surface area (Å²) in [6.07, 6.45) is 0.447. The summed E-state index contributed by atoms with van der Waals surface area (Å²) in [5.74, 6) is 0.152. The largest absolute Gasteiger partial charge is 0.294 e. The molecule has 1 nitrogen and oxygen atoms in total. The van der Waals surface area contributed by atoms with E-state index in [1.807, 2.05) is 30.3 Å². The van der Waals surface area contributed by atoms with Crippen LogP contribution in [0.4, 0.5) is 0 Å². The number of Topliss-reactive ketones (excluding diaryl/α,β-unsaturated/α-hetero) is 1. The highest BCUT2D eigenvalue weighted by molar-refractivity contribution is 14.1. The number of hydrogen-bond donors (Lipinski definition) is 0. The Morgan fingerprint density at radius 2 is 2.00 bits per heavy atom. The Bertz CT molecular complexity index is 794. The monoisotopic (exact) mass is 456 g/mol. The Balaban J connectivity index is 1.94. The molecule has 1 aromatic heterocycles. The number of carbonyl (C=O) groups excluding carboxylic acids is 1. The van der Waals surface area contributed by atoms with Gasteiger partial charge in [-0.25, -0.2) is 0 Å². The second-order valence-corrected chi connectivity index (χ2v) is 7.49. The summed E-state index contributed by atoms with van der Waals surface area (Å²) < 4.78 is 3.17. The van der Waals surface area contributed by atoms with E-state index in [9.17, 15) is 4.79 Å². The van der Waals surface area contributed by atoms with Crippen molar-refractivity contribution in [1.29, 1.82) is 0 Å². The fourth-order valence-corrected chi connectivity index (χ4v) is 4.07. The van der Waals surface area contributed by atoms with E-state index < -0.39 is 0 Å². The molecule has 0 spiro atoms. The SMILES string of the molecule is O=C(Cc1csc2ccccc12)c1cc(I)ccc1Br. The van der Waals surface area contributed by atoms with Crippen molar-refractivity contribution in [1.82, 2.24) is 0 Å². The van der Waals surface area contributed by atoms with E-state index in [0.717, 1.165) is 19.2 Å². The van der Waals surface area contributed by atoms with E-state index >= 15 is 0 Å². The summed E-state index contributed by atoms with van der Waals surface area (Å²) in [7, 11) is 0. The van der Waals surface area contributed by atoms with E-state index in [0.29, 0.717) is 6.42 Å². The molecule has 20 heavy (non-hydrogen) atoms. The van der Waals surface area contributed by atoms with Crippen LogP contribution in [0.2, 0.25) is 0 Å². The average Bonchev–Trinajstić information content (AvgIpc) is 2.85. The Kier molecular flexibility index (Phi) is 4.23. The first-order valence-corrected chi connectivity index (χ1v) is 8.83. The molecule has 0 radical (unpaired) electrons. The summed E-state index contributed by atoms with van der Waals surface area (Å²) in [4.78, 5) is 12.5. The van der Waals surface area contributed by atoms with Crippen LogP contribution in [0.3, 0.4) is 0 Å². The minimum Gasteiger partial charge on any atom is -0.294 e. The minimum absolute atomic E-state index is 0.152. The maximum atomic E-state index is 12.5. The smallest absolute Gasteiger partial charge is 0.168 e. The third-order valence-corrected chi connectivity index (χ3v) is 5.52. The molecule has 1 heterocycles. The van der Waals surface area contributed by atoms with Gasteiger partial charge in [0.1, 0.15) is 0 Å². The van der Waals surface area contributed by atoms with Crippen molar-refractivity contribution in [2.24, 2.45) is 0 Å². The standard InChI is InChI=1S/C16H10BrIOS/c17-14-6-5-11(18)8-13(14)15(19)7-10-9-20-16-4-2-1-3-12(10)16/h1-6,8-9H,7H2. The minimum atomic E-state index is 0.152. The Hall–Kier alpha value is -0.720. The molecule has 0 amide bonds. The van der Waals surface area contributed by atoms with Gasteiger partial charge in [0, 0.05) is 24.7 Å². The van der Waals surface area contributed by atoms with Crippen LogP contribution in [0.1, 0.15) is 15.9 Å². The number of hydrogen-bond acceptors (Lipinski definition) is 2. The molecule has 4 heteroatoms. The van der Waals surface area contributed by atoms with E-state index in [2.05, 4.69) is 56.0 Å². The first kappa shape index (κ1) is 14.2. The van der Waals surface area contributed by atoms with Crippen molar-refractivity contribution in [3.63, 3.8) is 0 Å². The molecule has 3 rings (SSSR count). The van der Waals surface area contributed by atoms with Crippen LogP contribution in [0.5, 0.6) is 0 Å². The van der Waals surface area contributed by atoms with Crippen molar-refractivity contribution in [3.05, 3.63) is 67.0 Å². The molecule has 0 aliphatic heterocycles. The van der Waals surface area contributed by atoms with Crippen LogP contribution >= 0.6 is 49.9 Å². The summed E-state index contributed by atoms with van der Waals surface area (Å²) in [6, 6.07) is 14.1. The molecule has 0 bridgehead atoms. The molecular weight excluding hydrogens is 447 g/mol. The molecule has 3 aromatic rings. The normalized spacial score (nSPS) is 10.9. The van der Waals surface area contributed by atoms with E-state index in [4.69, 9.17) is 0 Å². The number of fused-ring (bicyclic) bond motifs is 1. The van der Waals surface area contributed by atoms with Gasteiger partial charge >= 0.3 is 0 Å². The van der Waals surface area contributed by atoms with Gasteiger partial charge in [-0.3, -0.25) is 4.79 Å².